The predicted molar refractivity (Wildman–Crippen MR) is 88.3 cm³/mol. The third-order valence-electron chi connectivity index (χ3n) is 3.47. The molecular weight excluding hydrogens is 246 g/mol. The van der Waals surface area contributed by atoms with E-state index < -0.39 is 0 Å². The van der Waals surface area contributed by atoms with Gasteiger partial charge in [-0.1, -0.05) is 33.6 Å². The van der Waals surface area contributed by atoms with Crippen molar-refractivity contribution in [2.45, 2.75) is 53.5 Å². The van der Waals surface area contributed by atoms with Gasteiger partial charge in [-0.2, -0.15) is 0 Å². The van der Waals surface area contributed by atoms with Gasteiger partial charge >= 0.3 is 0 Å². The summed E-state index contributed by atoms with van der Waals surface area (Å²) in [6, 6.07) is 2.21. The zero-order valence-electron chi connectivity index (χ0n) is 13.9. The Morgan fingerprint density at radius 1 is 1.30 bits per heavy atom. The van der Waals surface area contributed by atoms with Crippen molar-refractivity contribution in [2.24, 2.45) is 5.92 Å². The normalized spacial score (nSPS) is 11.1. The molecule has 1 aromatic heterocycles. The zero-order valence-corrected chi connectivity index (χ0v) is 13.9. The van der Waals surface area contributed by atoms with Gasteiger partial charge in [0.1, 0.15) is 0 Å². The summed E-state index contributed by atoms with van der Waals surface area (Å²) < 4.78 is 0. The van der Waals surface area contributed by atoms with Crippen LogP contribution in [-0.4, -0.2) is 25.1 Å². The maximum Gasteiger partial charge on any atom is 0.0442 e. The van der Waals surface area contributed by atoms with E-state index in [-0.39, 0.29) is 0 Å². The highest BCUT2D eigenvalue weighted by molar-refractivity contribution is 5.53. The minimum absolute atomic E-state index is 0.680. The van der Waals surface area contributed by atoms with Crippen LogP contribution in [0.3, 0.4) is 0 Å². The van der Waals surface area contributed by atoms with Crippen LogP contribution in [0.5, 0.6) is 0 Å². The Morgan fingerprint density at radius 2 is 2.05 bits per heavy atom. The second-order valence-electron chi connectivity index (χ2n) is 6.11. The van der Waals surface area contributed by atoms with Crippen LogP contribution >= 0.6 is 0 Å². The Labute approximate surface area is 124 Å². The first-order chi connectivity index (χ1) is 9.54. The maximum absolute atomic E-state index is 4.45. The molecule has 0 unspecified atom stereocenters. The first-order valence-corrected chi connectivity index (χ1v) is 7.92. The van der Waals surface area contributed by atoms with Gasteiger partial charge < -0.3 is 10.2 Å². The molecule has 0 aromatic carbocycles. The molecule has 0 fully saturated rings. The first-order valence-electron chi connectivity index (χ1n) is 7.92. The molecule has 0 aliphatic heterocycles. The molecule has 1 aromatic rings. The van der Waals surface area contributed by atoms with Gasteiger partial charge in [0.15, 0.2) is 0 Å². The molecule has 0 amide bonds. The van der Waals surface area contributed by atoms with Crippen LogP contribution in [0, 0.1) is 12.8 Å². The van der Waals surface area contributed by atoms with Gasteiger partial charge in [0, 0.05) is 43.3 Å². The fraction of sp³-hybridized carbons (Fsp3) is 0.706. The van der Waals surface area contributed by atoms with E-state index in [0.29, 0.717) is 5.92 Å². The number of rotatable bonds is 9. The molecule has 1 rings (SSSR count). The lowest BCUT2D eigenvalue weighted by Gasteiger charge is -2.23. The number of pyridine rings is 1. The number of hydrogen-bond acceptors (Lipinski definition) is 3. The summed E-state index contributed by atoms with van der Waals surface area (Å²) in [6.45, 7) is 11.9. The third kappa shape index (κ3) is 5.91. The molecule has 0 aliphatic carbocycles. The summed E-state index contributed by atoms with van der Waals surface area (Å²) in [6.07, 6.45) is 5.85. The van der Waals surface area contributed by atoms with E-state index in [0.717, 1.165) is 25.3 Å². The van der Waals surface area contributed by atoms with Crippen LogP contribution in [0.25, 0.3) is 0 Å². The van der Waals surface area contributed by atoms with Crippen molar-refractivity contribution in [2.75, 3.05) is 25.0 Å². The van der Waals surface area contributed by atoms with E-state index in [1.807, 2.05) is 6.20 Å². The number of hydrogen-bond donors (Lipinski definition) is 1. The predicted octanol–water partition coefficient (Wildman–Crippen LogP) is 3.76. The average Bonchev–Trinajstić information content (AvgIpc) is 2.40. The molecule has 114 valence electrons. The maximum atomic E-state index is 4.45. The molecule has 1 heterocycles. The van der Waals surface area contributed by atoms with E-state index in [1.165, 1.54) is 30.5 Å². The largest absolute Gasteiger partial charge is 0.374 e. The van der Waals surface area contributed by atoms with E-state index >= 15 is 0 Å². The van der Waals surface area contributed by atoms with Gasteiger partial charge in [-0.25, -0.2) is 0 Å². The smallest absolute Gasteiger partial charge is 0.0442 e. The number of anilines is 1. The second-order valence-corrected chi connectivity index (χ2v) is 6.11. The molecule has 0 saturated heterocycles. The second kappa shape index (κ2) is 8.96. The number of unbranched alkanes of at least 4 members (excludes halogenated alkanes) is 2. The Kier molecular flexibility index (Phi) is 7.60. The van der Waals surface area contributed by atoms with Crippen LogP contribution in [0.1, 0.15) is 51.3 Å². The summed E-state index contributed by atoms with van der Waals surface area (Å²) in [7, 11) is 2.19. The topological polar surface area (TPSA) is 28.2 Å². The third-order valence-corrected chi connectivity index (χ3v) is 3.47. The molecule has 0 radical (unpaired) electrons. The van der Waals surface area contributed by atoms with Crippen molar-refractivity contribution in [3.63, 3.8) is 0 Å². The molecule has 0 aliphatic rings. The van der Waals surface area contributed by atoms with Crippen molar-refractivity contribution >= 4 is 5.69 Å². The summed E-state index contributed by atoms with van der Waals surface area (Å²) in [5.74, 6) is 0.680. The fourth-order valence-corrected chi connectivity index (χ4v) is 2.28. The lowest BCUT2D eigenvalue weighted by molar-refractivity contribution is 0.551. The van der Waals surface area contributed by atoms with E-state index in [9.17, 15) is 0 Å². The average molecular weight is 277 g/mol. The van der Waals surface area contributed by atoms with Gasteiger partial charge in [-0.05, 0) is 31.9 Å². The van der Waals surface area contributed by atoms with Gasteiger partial charge in [-0.3, -0.25) is 4.98 Å². The van der Waals surface area contributed by atoms with Gasteiger partial charge in [0.25, 0.3) is 0 Å². The van der Waals surface area contributed by atoms with Crippen LogP contribution in [0.4, 0.5) is 5.69 Å². The Balaban J connectivity index is 2.68. The van der Waals surface area contributed by atoms with Gasteiger partial charge in [0.2, 0.25) is 0 Å². The van der Waals surface area contributed by atoms with Crippen molar-refractivity contribution in [3.05, 3.63) is 23.5 Å². The van der Waals surface area contributed by atoms with E-state index in [4.69, 9.17) is 0 Å². The fourth-order valence-electron chi connectivity index (χ4n) is 2.28. The summed E-state index contributed by atoms with van der Waals surface area (Å²) >= 11 is 0. The van der Waals surface area contributed by atoms with Crippen LogP contribution in [-0.2, 0) is 6.54 Å². The summed E-state index contributed by atoms with van der Waals surface area (Å²) in [5.41, 5.74) is 3.72. The molecule has 20 heavy (non-hydrogen) atoms. The minimum atomic E-state index is 0.680. The monoisotopic (exact) mass is 277 g/mol. The highest BCUT2D eigenvalue weighted by Crippen LogP contribution is 2.20. The van der Waals surface area contributed by atoms with Gasteiger partial charge in [-0.15, -0.1) is 0 Å². The Morgan fingerprint density at radius 3 is 2.70 bits per heavy atom. The summed E-state index contributed by atoms with van der Waals surface area (Å²) in [5, 5.41) is 3.52. The van der Waals surface area contributed by atoms with Crippen molar-refractivity contribution in [3.8, 4) is 0 Å². The number of nitrogens with one attached hydrogen (secondary N) is 1. The Hall–Kier alpha value is -1.09. The number of aryl methyl sites for hydroxylation is 1. The molecule has 3 nitrogen and oxygen atoms in total. The number of aromatic nitrogens is 1. The molecule has 0 saturated carbocycles. The first kappa shape index (κ1) is 17.0. The van der Waals surface area contributed by atoms with Crippen LogP contribution in [0.2, 0.25) is 0 Å². The van der Waals surface area contributed by atoms with Crippen molar-refractivity contribution in [1.29, 1.82) is 0 Å². The van der Waals surface area contributed by atoms with Crippen molar-refractivity contribution < 1.29 is 0 Å². The van der Waals surface area contributed by atoms with Crippen LogP contribution in [0.15, 0.2) is 12.3 Å². The lowest BCUT2D eigenvalue weighted by atomic mass is 10.1. The number of nitrogens with zero attached hydrogens (tertiary/aromatic N) is 2. The molecule has 3 heteroatoms. The van der Waals surface area contributed by atoms with Crippen molar-refractivity contribution in [1.82, 2.24) is 10.3 Å². The van der Waals surface area contributed by atoms with E-state index in [2.05, 4.69) is 56.0 Å². The SMILES string of the molecule is CCCCCN(C)c1cc(C)ncc1CNCC(C)C. The Bertz CT molecular complexity index is 388. The highest BCUT2D eigenvalue weighted by Gasteiger charge is 2.08. The quantitative estimate of drug-likeness (QED) is 0.697. The summed E-state index contributed by atoms with van der Waals surface area (Å²) in [4.78, 5) is 6.82. The molecule has 1 N–H and O–H groups in total. The molecule has 0 atom stereocenters. The lowest BCUT2D eigenvalue weighted by Crippen LogP contribution is -2.24. The minimum Gasteiger partial charge on any atom is -0.374 e. The van der Waals surface area contributed by atoms with E-state index in [1.54, 1.807) is 0 Å². The molecular formula is C17H31N3. The highest BCUT2D eigenvalue weighted by atomic mass is 15.1. The standard InChI is InChI=1S/C17H31N3/c1-6-7-8-9-20(5)17-10-15(4)19-13-16(17)12-18-11-14(2)3/h10,13-14,18H,6-9,11-12H2,1-5H3. The van der Waals surface area contributed by atoms with Gasteiger partial charge in [0.05, 0.1) is 0 Å². The van der Waals surface area contributed by atoms with Crippen LogP contribution < -0.4 is 10.2 Å². The zero-order chi connectivity index (χ0) is 15.0. The molecule has 0 spiro atoms. The molecule has 0 bridgehead atoms.